The van der Waals surface area contributed by atoms with Gasteiger partial charge in [0.05, 0.1) is 11.9 Å². The van der Waals surface area contributed by atoms with E-state index in [0.717, 1.165) is 22.5 Å². The summed E-state index contributed by atoms with van der Waals surface area (Å²) in [5, 5.41) is 2.86. The molecule has 0 unspecified atom stereocenters. The first kappa shape index (κ1) is 22.4. The van der Waals surface area contributed by atoms with E-state index in [2.05, 4.69) is 5.32 Å². The first-order chi connectivity index (χ1) is 14.8. The molecule has 6 nitrogen and oxygen atoms in total. The van der Waals surface area contributed by atoms with Crippen LogP contribution in [0.1, 0.15) is 19.4 Å². The molecule has 3 rings (SSSR count). The molecular formula is C24H26N2O4S. The number of ether oxygens (including phenoxy) is 1. The van der Waals surface area contributed by atoms with Gasteiger partial charge in [-0.15, -0.1) is 0 Å². The third kappa shape index (κ3) is 5.64. The fourth-order valence-electron chi connectivity index (χ4n) is 3.28. The lowest BCUT2D eigenvalue weighted by Gasteiger charge is -2.28. The molecule has 3 aromatic carbocycles. The van der Waals surface area contributed by atoms with Crippen molar-refractivity contribution < 1.29 is 17.9 Å². The number of rotatable bonds is 8. The third-order valence-corrected chi connectivity index (χ3v) is 6.06. The second-order valence-electron chi connectivity index (χ2n) is 7.14. The van der Waals surface area contributed by atoms with E-state index < -0.39 is 22.0 Å². The number of anilines is 2. The molecule has 0 radical (unpaired) electrons. The largest absolute Gasteiger partial charge is 0.457 e. The van der Waals surface area contributed by atoms with Crippen LogP contribution in [0.4, 0.5) is 11.4 Å². The summed E-state index contributed by atoms with van der Waals surface area (Å²) in [4.78, 5) is 12.9. The molecule has 0 bridgehead atoms. The average molecular weight is 439 g/mol. The number of nitrogens with one attached hydrogen (secondary N) is 1. The van der Waals surface area contributed by atoms with Gasteiger partial charge >= 0.3 is 0 Å². The van der Waals surface area contributed by atoms with Crippen molar-refractivity contribution >= 4 is 27.3 Å². The van der Waals surface area contributed by atoms with Crippen LogP contribution >= 0.6 is 0 Å². The summed E-state index contributed by atoms with van der Waals surface area (Å²) in [6, 6.07) is 22.4. The molecule has 1 N–H and O–H groups in total. The number of hydrogen-bond donors (Lipinski definition) is 1. The lowest BCUT2D eigenvalue weighted by atomic mass is 10.1. The summed E-state index contributed by atoms with van der Waals surface area (Å²) >= 11 is 0. The van der Waals surface area contributed by atoms with Gasteiger partial charge in [-0.1, -0.05) is 43.3 Å². The van der Waals surface area contributed by atoms with E-state index in [4.69, 9.17) is 4.74 Å². The van der Waals surface area contributed by atoms with E-state index in [1.807, 2.05) is 61.5 Å². The minimum Gasteiger partial charge on any atom is -0.457 e. The number of sulfonamides is 1. The van der Waals surface area contributed by atoms with Crippen molar-refractivity contribution in [2.75, 3.05) is 15.9 Å². The second-order valence-corrected chi connectivity index (χ2v) is 9.00. The maximum Gasteiger partial charge on any atom is 0.248 e. The zero-order valence-electron chi connectivity index (χ0n) is 17.8. The Morgan fingerprint density at radius 3 is 2.13 bits per heavy atom. The Kier molecular flexibility index (Phi) is 6.97. The number of para-hydroxylation sites is 2. The first-order valence-corrected chi connectivity index (χ1v) is 11.9. The first-order valence-electron chi connectivity index (χ1n) is 10.0. The summed E-state index contributed by atoms with van der Waals surface area (Å²) in [5.41, 5.74) is 2.05. The normalized spacial score (nSPS) is 12.1. The zero-order chi connectivity index (χ0) is 22.4. The van der Waals surface area contributed by atoms with Gasteiger partial charge in [0.1, 0.15) is 17.5 Å². The number of carbonyl (C=O) groups is 1. The van der Waals surface area contributed by atoms with Crippen LogP contribution in [0.25, 0.3) is 0 Å². The summed E-state index contributed by atoms with van der Waals surface area (Å²) in [6.45, 7) is 3.57. The van der Waals surface area contributed by atoms with Crippen LogP contribution in [0.5, 0.6) is 11.5 Å². The quantitative estimate of drug-likeness (QED) is 0.546. The molecule has 1 atom stereocenters. The molecule has 0 saturated carbocycles. The Morgan fingerprint density at radius 2 is 1.52 bits per heavy atom. The topological polar surface area (TPSA) is 75.7 Å². The number of aryl methyl sites for hydroxylation is 1. The van der Waals surface area contributed by atoms with Crippen molar-refractivity contribution in [1.82, 2.24) is 0 Å². The number of hydrogen-bond acceptors (Lipinski definition) is 4. The van der Waals surface area contributed by atoms with Gasteiger partial charge in [0, 0.05) is 5.69 Å². The maximum absolute atomic E-state index is 12.9. The van der Waals surface area contributed by atoms with Gasteiger partial charge in [-0.2, -0.15) is 0 Å². The van der Waals surface area contributed by atoms with Gasteiger partial charge in [0.25, 0.3) is 0 Å². The Balaban J connectivity index is 1.82. The molecule has 7 heteroatoms. The van der Waals surface area contributed by atoms with Gasteiger partial charge in [-0.05, 0) is 61.4 Å². The van der Waals surface area contributed by atoms with Crippen LogP contribution in [0.3, 0.4) is 0 Å². The highest BCUT2D eigenvalue weighted by atomic mass is 32.2. The van der Waals surface area contributed by atoms with Crippen LogP contribution in [-0.2, 0) is 21.2 Å². The van der Waals surface area contributed by atoms with Crippen LogP contribution < -0.4 is 14.4 Å². The van der Waals surface area contributed by atoms with E-state index >= 15 is 0 Å². The second kappa shape index (κ2) is 9.66. The molecule has 0 aliphatic heterocycles. The van der Waals surface area contributed by atoms with E-state index in [1.54, 1.807) is 31.2 Å². The van der Waals surface area contributed by atoms with Crippen LogP contribution in [0, 0.1) is 0 Å². The molecule has 3 aromatic rings. The number of carbonyl (C=O) groups excluding carboxylic acids is 1. The van der Waals surface area contributed by atoms with Crippen LogP contribution in [0.2, 0.25) is 0 Å². The predicted octanol–water partition coefficient (Wildman–Crippen LogP) is 4.83. The van der Waals surface area contributed by atoms with Crippen LogP contribution in [-0.4, -0.2) is 26.6 Å². The highest BCUT2D eigenvalue weighted by Crippen LogP contribution is 2.27. The van der Waals surface area contributed by atoms with Crippen molar-refractivity contribution in [3.63, 3.8) is 0 Å². The van der Waals surface area contributed by atoms with Crippen molar-refractivity contribution in [2.24, 2.45) is 0 Å². The van der Waals surface area contributed by atoms with Gasteiger partial charge < -0.3 is 10.1 Å². The maximum atomic E-state index is 12.9. The van der Waals surface area contributed by atoms with Crippen LogP contribution in [0.15, 0.2) is 78.9 Å². The Labute approximate surface area is 183 Å². The monoisotopic (exact) mass is 438 g/mol. The molecule has 0 heterocycles. The molecular weight excluding hydrogens is 412 g/mol. The lowest BCUT2D eigenvalue weighted by Crippen LogP contribution is -2.45. The molecule has 0 saturated heterocycles. The molecule has 0 aromatic heterocycles. The minimum absolute atomic E-state index is 0.384. The summed E-state index contributed by atoms with van der Waals surface area (Å²) in [5.74, 6) is 0.839. The smallest absolute Gasteiger partial charge is 0.248 e. The minimum atomic E-state index is -3.71. The number of benzene rings is 3. The van der Waals surface area contributed by atoms with Crippen molar-refractivity contribution in [3.8, 4) is 11.5 Å². The highest BCUT2D eigenvalue weighted by molar-refractivity contribution is 7.92. The Hall–Kier alpha value is -3.32. The van der Waals surface area contributed by atoms with Gasteiger partial charge in [-0.3, -0.25) is 9.10 Å². The predicted molar refractivity (Wildman–Crippen MR) is 124 cm³/mol. The average Bonchev–Trinajstić information content (AvgIpc) is 2.75. The highest BCUT2D eigenvalue weighted by Gasteiger charge is 2.29. The van der Waals surface area contributed by atoms with E-state index in [-0.39, 0.29) is 0 Å². The number of amides is 1. The molecule has 0 spiro atoms. The molecule has 31 heavy (non-hydrogen) atoms. The van der Waals surface area contributed by atoms with Gasteiger partial charge in [0.15, 0.2) is 0 Å². The SMILES string of the molecule is CCc1ccccc1NC(=O)[C@H](C)N(c1ccc(Oc2ccccc2)cc1)S(C)(=O)=O. The molecule has 0 aliphatic carbocycles. The Bertz CT molecular complexity index is 1130. The third-order valence-electron chi connectivity index (χ3n) is 4.81. The number of nitrogens with zero attached hydrogens (tertiary/aromatic N) is 1. The molecule has 0 fully saturated rings. The van der Waals surface area contributed by atoms with Gasteiger partial charge in [-0.25, -0.2) is 8.42 Å². The fraction of sp³-hybridized carbons (Fsp3) is 0.208. The fourth-order valence-corrected chi connectivity index (χ4v) is 4.46. The van der Waals surface area contributed by atoms with E-state index in [1.165, 1.54) is 0 Å². The molecule has 162 valence electrons. The molecule has 0 aliphatic rings. The standard InChI is InChI=1S/C24H26N2O4S/c1-4-19-10-8-9-13-23(19)25-24(27)18(2)26(31(3,28)29)20-14-16-22(17-15-20)30-21-11-6-5-7-12-21/h5-18H,4H2,1-3H3,(H,25,27)/t18-/m0/s1. The zero-order valence-corrected chi connectivity index (χ0v) is 18.6. The summed E-state index contributed by atoms with van der Waals surface area (Å²) < 4.78 is 32.0. The van der Waals surface area contributed by atoms with Crippen molar-refractivity contribution in [2.45, 2.75) is 26.3 Å². The van der Waals surface area contributed by atoms with Gasteiger partial charge in [0.2, 0.25) is 15.9 Å². The Morgan fingerprint density at radius 1 is 0.935 bits per heavy atom. The van der Waals surface area contributed by atoms with Crippen molar-refractivity contribution in [1.29, 1.82) is 0 Å². The summed E-state index contributed by atoms with van der Waals surface area (Å²) in [7, 11) is -3.71. The van der Waals surface area contributed by atoms with E-state index in [9.17, 15) is 13.2 Å². The summed E-state index contributed by atoms with van der Waals surface area (Å²) in [6.07, 6.45) is 1.84. The van der Waals surface area contributed by atoms with E-state index in [0.29, 0.717) is 22.9 Å². The molecule has 1 amide bonds. The lowest BCUT2D eigenvalue weighted by molar-refractivity contribution is -0.116. The van der Waals surface area contributed by atoms with Crippen molar-refractivity contribution in [3.05, 3.63) is 84.4 Å².